The monoisotopic (exact) mass is 446 g/mol. The Bertz CT molecular complexity index is 504. The summed E-state index contributed by atoms with van der Waals surface area (Å²) in [7, 11) is 6.04. The average Bonchev–Trinajstić information content (AvgIpc) is 2.40. The Morgan fingerprint density at radius 1 is 1.08 bits per heavy atom. The molecule has 0 bridgehead atoms. The number of hydrogen-bond acceptors (Lipinski definition) is 2. The van der Waals surface area contributed by atoms with Gasteiger partial charge in [0.25, 0.3) is 0 Å². The van der Waals surface area contributed by atoms with E-state index < -0.39 is 0 Å². The molecule has 0 aromatic heterocycles. The van der Waals surface area contributed by atoms with Gasteiger partial charge in [-0.05, 0) is 45.3 Å². The summed E-state index contributed by atoms with van der Waals surface area (Å²) < 4.78 is 0. The van der Waals surface area contributed by atoms with Crippen molar-refractivity contribution in [3.8, 4) is 0 Å². The SMILES string of the molecule is CN=C(NCCc1cc(C)cc(C)c1)NCC(C)(C)CN(C)C.I. The summed E-state index contributed by atoms with van der Waals surface area (Å²) in [5.74, 6) is 0.876. The number of nitrogens with one attached hydrogen (secondary N) is 2. The first-order valence-corrected chi connectivity index (χ1v) is 8.38. The lowest BCUT2D eigenvalue weighted by molar-refractivity contribution is 0.241. The zero-order valence-corrected chi connectivity index (χ0v) is 18.7. The standard InChI is InChI=1S/C19H34N4.HI/c1-15-10-16(2)12-17(11-15)8-9-21-18(20-5)22-13-19(3,4)14-23(6)7;/h10-12H,8-9,13-14H2,1-7H3,(H2,20,21,22);1H. The first-order chi connectivity index (χ1) is 10.7. The molecule has 0 aliphatic heterocycles. The number of aliphatic imine (C=N–C) groups is 1. The maximum Gasteiger partial charge on any atom is 0.191 e. The van der Waals surface area contributed by atoms with Crippen molar-refractivity contribution < 1.29 is 0 Å². The van der Waals surface area contributed by atoms with E-state index in [0.717, 1.165) is 32.0 Å². The second-order valence-electron chi connectivity index (χ2n) is 7.50. The Kier molecular flexibility index (Phi) is 10.6. The summed E-state index contributed by atoms with van der Waals surface area (Å²) in [6.07, 6.45) is 1.00. The molecule has 4 nitrogen and oxygen atoms in total. The maximum atomic E-state index is 4.32. The van der Waals surface area contributed by atoms with Gasteiger partial charge in [0.15, 0.2) is 5.96 Å². The Balaban J connectivity index is 0.00000529. The maximum absolute atomic E-state index is 4.32. The molecule has 0 spiro atoms. The largest absolute Gasteiger partial charge is 0.356 e. The molecule has 1 aromatic rings. The zero-order chi connectivity index (χ0) is 17.5. The molecule has 0 aliphatic rings. The van der Waals surface area contributed by atoms with Crippen molar-refractivity contribution in [3.63, 3.8) is 0 Å². The molecular weight excluding hydrogens is 411 g/mol. The van der Waals surface area contributed by atoms with Crippen LogP contribution < -0.4 is 10.6 Å². The molecule has 0 aliphatic carbocycles. The van der Waals surface area contributed by atoms with E-state index in [4.69, 9.17) is 0 Å². The van der Waals surface area contributed by atoms with Gasteiger partial charge in [0.2, 0.25) is 0 Å². The van der Waals surface area contributed by atoms with Crippen LogP contribution in [0.3, 0.4) is 0 Å². The van der Waals surface area contributed by atoms with Crippen molar-refractivity contribution in [1.29, 1.82) is 0 Å². The van der Waals surface area contributed by atoms with Gasteiger partial charge in [-0.3, -0.25) is 4.99 Å². The highest BCUT2D eigenvalue weighted by molar-refractivity contribution is 14.0. The Hall–Kier alpha value is -0.820. The number of aryl methyl sites for hydroxylation is 2. The van der Waals surface area contributed by atoms with Gasteiger partial charge in [0.05, 0.1) is 0 Å². The van der Waals surface area contributed by atoms with Crippen LogP contribution >= 0.6 is 24.0 Å². The van der Waals surface area contributed by atoms with Crippen molar-refractivity contribution >= 4 is 29.9 Å². The lowest BCUT2D eigenvalue weighted by Crippen LogP contribution is -2.45. The van der Waals surface area contributed by atoms with Gasteiger partial charge in [0.1, 0.15) is 0 Å². The fourth-order valence-electron chi connectivity index (χ4n) is 2.99. The van der Waals surface area contributed by atoms with Crippen LogP contribution in [0.15, 0.2) is 23.2 Å². The number of halogens is 1. The summed E-state index contributed by atoms with van der Waals surface area (Å²) in [4.78, 5) is 6.54. The summed E-state index contributed by atoms with van der Waals surface area (Å²) in [5.41, 5.74) is 4.23. The Labute approximate surface area is 165 Å². The van der Waals surface area contributed by atoms with Crippen LogP contribution in [0.4, 0.5) is 0 Å². The minimum Gasteiger partial charge on any atom is -0.356 e. The minimum atomic E-state index is 0. The number of hydrogen-bond donors (Lipinski definition) is 2. The highest BCUT2D eigenvalue weighted by atomic mass is 127. The highest BCUT2D eigenvalue weighted by Gasteiger charge is 2.19. The molecule has 0 amide bonds. The van der Waals surface area contributed by atoms with Gasteiger partial charge in [-0.25, -0.2) is 0 Å². The summed E-state index contributed by atoms with van der Waals surface area (Å²) in [6.45, 7) is 11.7. The van der Waals surface area contributed by atoms with Gasteiger partial charge in [-0.1, -0.05) is 43.2 Å². The number of guanidine groups is 1. The third kappa shape index (κ3) is 9.47. The first-order valence-electron chi connectivity index (χ1n) is 8.38. The van der Waals surface area contributed by atoms with Crippen molar-refractivity contribution in [2.24, 2.45) is 10.4 Å². The van der Waals surface area contributed by atoms with Crippen LogP contribution in [-0.4, -0.2) is 51.6 Å². The molecule has 0 atom stereocenters. The van der Waals surface area contributed by atoms with Crippen LogP contribution in [0.1, 0.15) is 30.5 Å². The average molecular weight is 446 g/mol. The van der Waals surface area contributed by atoms with Crippen LogP contribution in [0.2, 0.25) is 0 Å². The second-order valence-corrected chi connectivity index (χ2v) is 7.50. The van der Waals surface area contributed by atoms with Gasteiger partial charge in [-0.15, -0.1) is 24.0 Å². The fraction of sp³-hybridized carbons (Fsp3) is 0.632. The molecule has 0 fully saturated rings. The van der Waals surface area contributed by atoms with E-state index in [-0.39, 0.29) is 29.4 Å². The third-order valence-electron chi connectivity index (χ3n) is 3.69. The number of nitrogens with zero attached hydrogens (tertiary/aromatic N) is 2. The molecule has 5 heteroatoms. The van der Waals surface area contributed by atoms with E-state index in [1.807, 2.05) is 7.05 Å². The quantitative estimate of drug-likeness (QED) is 0.384. The van der Waals surface area contributed by atoms with E-state index in [9.17, 15) is 0 Å². The van der Waals surface area contributed by atoms with Gasteiger partial charge < -0.3 is 15.5 Å². The van der Waals surface area contributed by atoms with Gasteiger partial charge >= 0.3 is 0 Å². The van der Waals surface area contributed by atoms with Crippen LogP contribution in [0.5, 0.6) is 0 Å². The molecule has 2 N–H and O–H groups in total. The number of rotatable bonds is 7. The van der Waals surface area contributed by atoms with Crippen molar-refractivity contribution in [1.82, 2.24) is 15.5 Å². The lowest BCUT2D eigenvalue weighted by Gasteiger charge is -2.29. The van der Waals surface area contributed by atoms with Gasteiger partial charge in [0, 0.05) is 26.7 Å². The van der Waals surface area contributed by atoms with E-state index in [0.29, 0.717) is 0 Å². The summed E-state index contributed by atoms with van der Waals surface area (Å²) in [6, 6.07) is 6.72. The van der Waals surface area contributed by atoms with E-state index >= 15 is 0 Å². The second kappa shape index (κ2) is 10.9. The topological polar surface area (TPSA) is 39.7 Å². The molecule has 138 valence electrons. The number of benzene rings is 1. The van der Waals surface area contributed by atoms with Gasteiger partial charge in [-0.2, -0.15) is 0 Å². The molecule has 24 heavy (non-hydrogen) atoms. The zero-order valence-electron chi connectivity index (χ0n) is 16.4. The van der Waals surface area contributed by atoms with E-state index in [2.05, 4.69) is 80.5 Å². The summed E-state index contributed by atoms with van der Waals surface area (Å²) >= 11 is 0. The normalized spacial score (nSPS) is 12.1. The minimum absolute atomic E-state index is 0. The van der Waals surface area contributed by atoms with Crippen molar-refractivity contribution in [2.75, 3.05) is 40.8 Å². The van der Waals surface area contributed by atoms with Crippen LogP contribution in [0.25, 0.3) is 0 Å². The lowest BCUT2D eigenvalue weighted by atomic mass is 9.93. The Morgan fingerprint density at radius 3 is 2.17 bits per heavy atom. The molecule has 0 heterocycles. The van der Waals surface area contributed by atoms with Crippen LogP contribution in [-0.2, 0) is 6.42 Å². The molecule has 0 radical (unpaired) electrons. The van der Waals surface area contributed by atoms with E-state index in [1.165, 1.54) is 16.7 Å². The van der Waals surface area contributed by atoms with Crippen molar-refractivity contribution in [2.45, 2.75) is 34.1 Å². The summed E-state index contributed by atoms with van der Waals surface area (Å²) in [5, 5.41) is 6.84. The molecule has 1 aromatic carbocycles. The van der Waals surface area contributed by atoms with Crippen LogP contribution in [0, 0.1) is 19.3 Å². The Morgan fingerprint density at radius 2 is 1.67 bits per heavy atom. The molecule has 0 unspecified atom stereocenters. The molecule has 1 rings (SSSR count). The predicted molar refractivity (Wildman–Crippen MR) is 117 cm³/mol. The highest BCUT2D eigenvalue weighted by Crippen LogP contribution is 2.14. The van der Waals surface area contributed by atoms with E-state index in [1.54, 1.807) is 0 Å². The molecular formula is C19H35IN4. The molecule has 0 saturated carbocycles. The molecule has 0 saturated heterocycles. The van der Waals surface area contributed by atoms with Crippen molar-refractivity contribution in [3.05, 3.63) is 34.9 Å². The fourth-order valence-corrected chi connectivity index (χ4v) is 2.99. The predicted octanol–water partition coefficient (Wildman–Crippen LogP) is 3.22. The first kappa shape index (κ1) is 23.2. The third-order valence-corrected chi connectivity index (χ3v) is 3.69. The smallest absolute Gasteiger partial charge is 0.191 e.